The van der Waals surface area contributed by atoms with Crippen molar-refractivity contribution in [2.24, 2.45) is 7.05 Å². The minimum atomic E-state index is 0.232. The molecule has 0 unspecified atom stereocenters. The van der Waals surface area contributed by atoms with Gasteiger partial charge in [-0.2, -0.15) is 5.10 Å². The molecule has 0 amide bonds. The van der Waals surface area contributed by atoms with Gasteiger partial charge in [-0.15, -0.1) is 5.10 Å². The van der Waals surface area contributed by atoms with Crippen LogP contribution in [0.1, 0.15) is 31.6 Å². The molecular weight excluding hydrogens is 292 g/mol. The third-order valence-electron chi connectivity index (χ3n) is 4.98. The van der Waals surface area contributed by atoms with Crippen LogP contribution in [0.4, 0.5) is 0 Å². The monoisotopic (exact) mass is 318 g/mol. The first-order chi connectivity index (χ1) is 11.1. The highest BCUT2D eigenvalue weighted by molar-refractivity contribution is 4.92. The maximum Gasteiger partial charge on any atom is 0.167 e. The predicted molar refractivity (Wildman–Crippen MR) is 86.7 cm³/mol. The summed E-state index contributed by atoms with van der Waals surface area (Å²) < 4.78 is 3.77. The Balaban J connectivity index is 1.47. The molecule has 8 heteroatoms. The van der Waals surface area contributed by atoms with Crippen LogP contribution < -0.4 is 0 Å². The zero-order valence-corrected chi connectivity index (χ0v) is 14.2. The van der Waals surface area contributed by atoms with Gasteiger partial charge in [-0.25, -0.2) is 4.68 Å². The molecule has 2 aromatic rings. The lowest BCUT2D eigenvalue weighted by Gasteiger charge is -2.38. The Morgan fingerprint density at radius 3 is 2.70 bits per heavy atom. The van der Waals surface area contributed by atoms with E-state index in [1.807, 2.05) is 30.2 Å². The van der Waals surface area contributed by atoms with Gasteiger partial charge in [0, 0.05) is 32.0 Å². The molecule has 0 spiro atoms. The molecule has 0 aliphatic carbocycles. The van der Waals surface area contributed by atoms with Gasteiger partial charge < -0.3 is 4.90 Å². The van der Waals surface area contributed by atoms with Crippen LogP contribution in [0.3, 0.4) is 0 Å². The molecule has 1 aliphatic heterocycles. The molecule has 3 heterocycles. The molecule has 1 saturated heterocycles. The number of aryl methyl sites for hydroxylation is 1. The second-order valence-electron chi connectivity index (χ2n) is 6.34. The Hall–Kier alpha value is -1.80. The highest BCUT2D eigenvalue weighted by Crippen LogP contribution is 2.23. The number of hydrogen-bond acceptors (Lipinski definition) is 6. The summed E-state index contributed by atoms with van der Waals surface area (Å²) in [5.41, 5.74) is 0. The summed E-state index contributed by atoms with van der Waals surface area (Å²) in [4.78, 5) is 4.94. The number of nitrogens with zero attached hydrogens (tertiary/aromatic N) is 8. The van der Waals surface area contributed by atoms with Crippen molar-refractivity contribution in [1.29, 1.82) is 0 Å². The van der Waals surface area contributed by atoms with Gasteiger partial charge in [0.2, 0.25) is 0 Å². The van der Waals surface area contributed by atoms with Crippen LogP contribution in [0, 0.1) is 0 Å². The van der Waals surface area contributed by atoms with E-state index in [9.17, 15) is 0 Å². The lowest BCUT2D eigenvalue weighted by molar-refractivity contribution is 0.0952. The van der Waals surface area contributed by atoms with Crippen molar-refractivity contribution >= 4 is 0 Å². The third-order valence-corrected chi connectivity index (χ3v) is 4.98. The molecule has 0 bridgehead atoms. The highest BCUT2D eigenvalue weighted by atomic mass is 15.5. The number of piperidine rings is 1. The van der Waals surface area contributed by atoms with Gasteiger partial charge in [0.25, 0.3) is 0 Å². The fraction of sp³-hybridized carbons (Fsp3) is 0.733. The summed E-state index contributed by atoms with van der Waals surface area (Å²) in [5.74, 6) is 0.925. The first-order valence-corrected chi connectivity index (χ1v) is 8.29. The molecule has 0 saturated carbocycles. The van der Waals surface area contributed by atoms with Gasteiger partial charge in [-0.1, -0.05) is 0 Å². The van der Waals surface area contributed by atoms with Crippen molar-refractivity contribution in [2.75, 3.05) is 26.7 Å². The first-order valence-electron chi connectivity index (χ1n) is 8.29. The molecular formula is C15H26N8. The van der Waals surface area contributed by atoms with E-state index in [4.69, 9.17) is 0 Å². The summed E-state index contributed by atoms with van der Waals surface area (Å²) >= 11 is 0. The average molecular weight is 318 g/mol. The van der Waals surface area contributed by atoms with Gasteiger partial charge in [0.15, 0.2) is 5.82 Å². The van der Waals surface area contributed by atoms with E-state index in [1.54, 1.807) is 4.68 Å². The van der Waals surface area contributed by atoms with Crippen molar-refractivity contribution in [1.82, 2.24) is 39.8 Å². The Morgan fingerprint density at radius 2 is 2.09 bits per heavy atom. The van der Waals surface area contributed by atoms with Crippen LogP contribution in [0.25, 0.3) is 0 Å². The van der Waals surface area contributed by atoms with Crippen molar-refractivity contribution in [3.8, 4) is 0 Å². The zero-order valence-electron chi connectivity index (χ0n) is 14.2. The van der Waals surface area contributed by atoms with E-state index in [0.717, 1.165) is 32.0 Å². The van der Waals surface area contributed by atoms with Crippen LogP contribution in [0.15, 0.2) is 18.5 Å². The van der Waals surface area contributed by atoms with E-state index in [2.05, 4.69) is 44.4 Å². The van der Waals surface area contributed by atoms with Gasteiger partial charge >= 0.3 is 0 Å². The van der Waals surface area contributed by atoms with E-state index < -0.39 is 0 Å². The molecule has 1 fully saturated rings. The Labute approximate surface area is 137 Å². The minimum absolute atomic E-state index is 0.232. The van der Waals surface area contributed by atoms with E-state index in [-0.39, 0.29) is 6.04 Å². The molecule has 1 atom stereocenters. The zero-order chi connectivity index (χ0) is 16.2. The van der Waals surface area contributed by atoms with Crippen LogP contribution in [-0.4, -0.2) is 72.5 Å². The van der Waals surface area contributed by atoms with Crippen LogP contribution >= 0.6 is 0 Å². The predicted octanol–water partition coefficient (Wildman–Crippen LogP) is 0.564. The Kier molecular flexibility index (Phi) is 5.02. The first kappa shape index (κ1) is 16.1. The van der Waals surface area contributed by atoms with E-state index in [1.165, 1.54) is 12.8 Å². The Bertz CT molecular complexity index is 584. The van der Waals surface area contributed by atoms with Crippen molar-refractivity contribution in [3.05, 3.63) is 24.3 Å². The second kappa shape index (κ2) is 7.18. The average Bonchev–Trinajstić information content (AvgIpc) is 3.23. The van der Waals surface area contributed by atoms with Gasteiger partial charge in [0.05, 0.1) is 12.6 Å². The van der Waals surface area contributed by atoms with Crippen molar-refractivity contribution in [2.45, 2.75) is 38.4 Å². The lowest BCUT2D eigenvalue weighted by atomic mass is 10.0. The number of likely N-dealkylation sites (tertiary alicyclic amines) is 1. The fourth-order valence-electron chi connectivity index (χ4n) is 3.32. The smallest absolute Gasteiger partial charge is 0.167 e. The van der Waals surface area contributed by atoms with E-state index in [0.29, 0.717) is 6.04 Å². The quantitative estimate of drug-likeness (QED) is 0.775. The summed E-state index contributed by atoms with van der Waals surface area (Å²) in [6.45, 7) is 6.49. The molecule has 1 aliphatic rings. The standard InChI is InChI=1S/C15H26N8/c1-13(15-17-18-19-21(15)3)20(2)14-5-9-22(10-6-14)11-12-23-8-4-7-16-23/h4,7-8,13-14H,5-6,9-12H2,1-3H3/t13-/m0/s1. The fourth-order valence-corrected chi connectivity index (χ4v) is 3.32. The summed E-state index contributed by atoms with van der Waals surface area (Å²) in [7, 11) is 4.08. The molecule has 0 radical (unpaired) electrons. The summed E-state index contributed by atoms with van der Waals surface area (Å²) in [5, 5.41) is 16.1. The van der Waals surface area contributed by atoms with Crippen LogP contribution in [0.5, 0.6) is 0 Å². The molecule has 23 heavy (non-hydrogen) atoms. The maximum atomic E-state index is 4.26. The molecule has 0 N–H and O–H groups in total. The van der Waals surface area contributed by atoms with Gasteiger partial charge in [-0.05, 0) is 56.4 Å². The lowest BCUT2D eigenvalue weighted by Crippen LogP contribution is -2.45. The van der Waals surface area contributed by atoms with Crippen molar-refractivity contribution in [3.63, 3.8) is 0 Å². The molecule has 8 nitrogen and oxygen atoms in total. The SMILES string of the molecule is C[C@@H](c1nnnn1C)N(C)C1CCN(CCn2cccn2)CC1. The van der Waals surface area contributed by atoms with E-state index >= 15 is 0 Å². The second-order valence-corrected chi connectivity index (χ2v) is 6.34. The number of aromatic nitrogens is 6. The molecule has 2 aromatic heterocycles. The van der Waals surface area contributed by atoms with Crippen LogP contribution in [0.2, 0.25) is 0 Å². The minimum Gasteiger partial charge on any atom is -0.301 e. The van der Waals surface area contributed by atoms with Gasteiger partial charge in [0.1, 0.15) is 0 Å². The van der Waals surface area contributed by atoms with Crippen molar-refractivity contribution < 1.29 is 0 Å². The normalized spacial score (nSPS) is 18.6. The molecule has 3 rings (SSSR count). The van der Waals surface area contributed by atoms with Gasteiger partial charge in [-0.3, -0.25) is 9.58 Å². The topological polar surface area (TPSA) is 67.9 Å². The number of hydrogen-bond donors (Lipinski definition) is 0. The molecule has 0 aromatic carbocycles. The Morgan fingerprint density at radius 1 is 1.30 bits per heavy atom. The highest BCUT2D eigenvalue weighted by Gasteiger charge is 2.27. The largest absolute Gasteiger partial charge is 0.301 e. The molecule has 126 valence electrons. The summed E-state index contributed by atoms with van der Waals surface area (Å²) in [6.07, 6.45) is 6.23. The third kappa shape index (κ3) is 3.76. The number of tetrazole rings is 1. The maximum absolute atomic E-state index is 4.26. The number of rotatable bonds is 6. The summed E-state index contributed by atoms with van der Waals surface area (Å²) in [6, 6.07) is 2.79. The van der Waals surface area contributed by atoms with Crippen LogP contribution in [-0.2, 0) is 13.6 Å².